The van der Waals surface area contributed by atoms with E-state index < -0.39 is 0 Å². The maximum absolute atomic E-state index is 12.2. The number of carbonyl (C=O) groups is 1. The van der Waals surface area contributed by atoms with Crippen LogP contribution < -0.4 is 5.32 Å². The van der Waals surface area contributed by atoms with Crippen LogP contribution >= 0.6 is 0 Å². The highest BCUT2D eigenvalue weighted by molar-refractivity contribution is 6.02. The third-order valence-electron chi connectivity index (χ3n) is 4.20. The Kier molecular flexibility index (Phi) is 6.62. The molecule has 0 radical (unpaired) electrons. The van der Waals surface area contributed by atoms with E-state index in [0.29, 0.717) is 29.5 Å². The molecule has 0 aliphatic rings. The summed E-state index contributed by atoms with van der Waals surface area (Å²) in [5.74, 6) is 0.942. The third-order valence-corrected chi connectivity index (χ3v) is 4.20. The number of anilines is 1. The quantitative estimate of drug-likeness (QED) is 0.573. The molecule has 1 N–H and O–H groups in total. The molecule has 144 valence electrons. The summed E-state index contributed by atoms with van der Waals surface area (Å²) < 4.78 is 5.25. The standard InChI is InChI=1S/C21H23N5O2/c1-3-4-5-16-6-8-17(9-7-16)13-18-24-20(28-26-18)12-15(2)21(27)25-19-14-22-10-11-23-19/h6-11,14H,2-5,12-13H2,1H3,(H,23,25,27). The number of hydrogen-bond acceptors (Lipinski definition) is 6. The summed E-state index contributed by atoms with van der Waals surface area (Å²) in [4.78, 5) is 24.4. The zero-order valence-corrected chi connectivity index (χ0v) is 15.9. The highest BCUT2D eigenvalue weighted by Crippen LogP contribution is 2.13. The van der Waals surface area contributed by atoms with Crippen LogP contribution in [0.15, 0.2) is 59.5 Å². The minimum atomic E-state index is -0.358. The molecule has 7 nitrogen and oxygen atoms in total. The fourth-order valence-corrected chi connectivity index (χ4v) is 2.65. The smallest absolute Gasteiger partial charge is 0.252 e. The Balaban J connectivity index is 1.53. The van der Waals surface area contributed by atoms with E-state index in [4.69, 9.17) is 4.52 Å². The molecule has 3 aromatic rings. The predicted molar refractivity (Wildman–Crippen MR) is 106 cm³/mol. The Hall–Kier alpha value is -3.35. The van der Waals surface area contributed by atoms with Crippen LogP contribution in [0.1, 0.15) is 42.6 Å². The Morgan fingerprint density at radius 1 is 1.18 bits per heavy atom. The Bertz CT molecular complexity index is 919. The van der Waals surface area contributed by atoms with Gasteiger partial charge in [0.1, 0.15) is 0 Å². The van der Waals surface area contributed by atoms with Crippen LogP contribution in [0.3, 0.4) is 0 Å². The van der Waals surface area contributed by atoms with Gasteiger partial charge in [-0.15, -0.1) is 0 Å². The van der Waals surface area contributed by atoms with Crippen molar-refractivity contribution in [2.45, 2.75) is 39.0 Å². The molecule has 2 aromatic heterocycles. The summed E-state index contributed by atoms with van der Waals surface area (Å²) in [5.41, 5.74) is 2.76. The van der Waals surface area contributed by atoms with Crippen molar-refractivity contribution >= 4 is 11.7 Å². The van der Waals surface area contributed by atoms with Gasteiger partial charge >= 0.3 is 0 Å². The van der Waals surface area contributed by atoms with E-state index in [2.05, 4.69) is 63.2 Å². The van der Waals surface area contributed by atoms with Gasteiger partial charge in [0.05, 0.1) is 12.6 Å². The second kappa shape index (κ2) is 9.55. The van der Waals surface area contributed by atoms with Crippen molar-refractivity contribution in [2.24, 2.45) is 0 Å². The first kappa shape index (κ1) is 19.4. The highest BCUT2D eigenvalue weighted by atomic mass is 16.5. The first-order valence-corrected chi connectivity index (χ1v) is 9.28. The average Bonchev–Trinajstić information content (AvgIpc) is 3.15. The van der Waals surface area contributed by atoms with E-state index in [1.807, 2.05) is 0 Å². The molecule has 0 aliphatic carbocycles. The normalized spacial score (nSPS) is 10.6. The van der Waals surface area contributed by atoms with Crippen molar-refractivity contribution < 1.29 is 9.32 Å². The van der Waals surface area contributed by atoms with Gasteiger partial charge in [-0.3, -0.25) is 9.78 Å². The van der Waals surface area contributed by atoms with Crippen molar-refractivity contribution in [3.8, 4) is 0 Å². The second-order valence-electron chi connectivity index (χ2n) is 6.53. The van der Waals surface area contributed by atoms with Crippen LogP contribution in [0.5, 0.6) is 0 Å². The average molecular weight is 377 g/mol. The molecule has 0 aliphatic heterocycles. The molecule has 2 heterocycles. The Morgan fingerprint density at radius 3 is 2.68 bits per heavy atom. The molecule has 0 saturated heterocycles. The van der Waals surface area contributed by atoms with E-state index >= 15 is 0 Å². The molecular weight excluding hydrogens is 354 g/mol. The Labute approximate surface area is 163 Å². The van der Waals surface area contributed by atoms with Crippen molar-refractivity contribution in [3.05, 3.63) is 77.9 Å². The number of aryl methyl sites for hydroxylation is 1. The van der Waals surface area contributed by atoms with Crippen LogP contribution in [0, 0.1) is 0 Å². The maximum Gasteiger partial charge on any atom is 0.252 e. The fraction of sp³-hybridized carbons (Fsp3) is 0.286. The number of carbonyl (C=O) groups excluding carboxylic acids is 1. The number of unbranched alkanes of at least 4 members (excludes halogenated alkanes) is 1. The number of nitrogens with zero attached hydrogens (tertiary/aromatic N) is 4. The van der Waals surface area contributed by atoms with Gasteiger partial charge in [0.2, 0.25) is 5.89 Å². The summed E-state index contributed by atoms with van der Waals surface area (Å²) in [7, 11) is 0. The number of nitrogens with one attached hydrogen (secondary N) is 1. The monoisotopic (exact) mass is 377 g/mol. The van der Waals surface area contributed by atoms with Gasteiger partial charge < -0.3 is 9.84 Å². The van der Waals surface area contributed by atoms with E-state index in [9.17, 15) is 4.79 Å². The summed E-state index contributed by atoms with van der Waals surface area (Å²) in [6, 6.07) is 8.47. The van der Waals surface area contributed by atoms with Gasteiger partial charge in [-0.1, -0.05) is 49.3 Å². The van der Waals surface area contributed by atoms with Gasteiger partial charge in [-0.2, -0.15) is 4.98 Å². The lowest BCUT2D eigenvalue weighted by Gasteiger charge is -2.04. The molecule has 28 heavy (non-hydrogen) atoms. The van der Waals surface area contributed by atoms with Gasteiger partial charge in [0.25, 0.3) is 5.91 Å². The number of amides is 1. The molecular formula is C21H23N5O2. The van der Waals surface area contributed by atoms with Crippen LogP contribution in [0.2, 0.25) is 0 Å². The summed E-state index contributed by atoms with van der Waals surface area (Å²) in [6.45, 7) is 5.98. The second-order valence-corrected chi connectivity index (χ2v) is 6.53. The van der Waals surface area contributed by atoms with Crippen LogP contribution in [-0.2, 0) is 24.1 Å². The molecule has 0 atom stereocenters. The van der Waals surface area contributed by atoms with Gasteiger partial charge in [0, 0.05) is 24.4 Å². The van der Waals surface area contributed by atoms with Gasteiger partial charge in [0.15, 0.2) is 11.6 Å². The molecule has 0 bridgehead atoms. The number of rotatable bonds is 9. The van der Waals surface area contributed by atoms with Gasteiger partial charge in [-0.25, -0.2) is 4.98 Å². The fourth-order valence-electron chi connectivity index (χ4n) is 2.65. The number of benzene rings is 1. The van der Waals surface area contributed by atoms with Crippen molar-refractivity contribution in [1.29, 1.82) is 0 Å². The zero-order chi connectivity index (χ0) is 19.8. The minimum absolute atomic E-state index is 0.176. The van der Waals surface area contributed by atoms with E-state index in [1.165, 1.54) is 37.0 Å². The molecule has 1 aromatic carbocycles. The lowest BCUT2D eigenvalue weighted by atomic mass is 10.0. The Morgan fingerprint density at radius 2 is 1.96 bits per heavy atom. The van der Waals surface area contributed by atoms with Crippen molar-refractivity contribution in [3.63, 3.8) is 0 Å². The van der Waals surface area contributed by atoms with Crippen LogP contribution in [-0.4, -0.2) is 26.0 Å². The minimum Gasteiger partial charge on any atom is -0.339 e. The lowest BCUT2D eigenvalue weighted by molar-refractivity contribution is -0.113. The largest absolute Gasteiger partial charge is 0.339 e. The van der Waals surface area contributed by atoms with Crippen molar-refractivity contribution in [2.75, 3.05) is 5.32 Å². The topological polar surface area (TPSA) is 93.8 Å². The number of aromatic nitrogens is 4. The van der Waals surface area contributed by atoms with E-state index in [1.54, 1.807) is 0 Å². The molecule has 0 saturated carbocycles. The van der Waals surface area contributed by atoms with E-state index in [-0.39, 0.29) is 12.3 Å². The van der Waals surface area contributed by atoms with Crippen LogP contribution in [0.4, 0.5) is 5.82 Å². The molecule has 0 spiro atoms. The van der Waals surface area contributed by atoms with E-state index in [0.717, 1.165) is 12.0 Å². The summed E-state index contributed by atoms with van der Waals surface area (Å²) in [5, 5.41) is 6.62. The lowest BCUT2D eigenvalue weighted by Crippen LogP contribution is -2.16. The summed E-state index contributed by atoms with van der Waals surface area (Å²) >= 11 is 0. The molecule has 3 rings (SSSR count). The van der Waals surface area contributed by atoms with Crippen molar-refractivity contribution in [1.82, 2.24) is 20.1 Å². The highest BCUT2D eigenvalue weighted by Gasteiger charge is 2.14. The predicted octanol–water partition coefficient (Wildman–Crippen LogP) is 3.53. The first-order chi connectivity index (χ1) is 13.6. The molecule has 7 heteroatoms. The summed E-state index contributed by atoms with van der Waals surface area (Å²) in [6.07, 6.45) is 8.73. The number of hydrogen-bond donors (Lipinski definition) is 1. The first-order valence-electron chi connectivity index (χ1n) is 9.28. The van der Waals surface area contributed by atoms with Gasteiger partial charge in [-0.05, 0) is 24.0 Å². The molecule has 0 fully saturated rings. The van der Waals surface area contributed by atoms with Crippen LogP contribution in [0.25, 0.3) is 0 Å². The SMILES string of the molecule is C=C(Cc1nc(Cc2ccc(CCCC)cc2)no1)C(=O)Nc1cnccn1. The molecule has 1 amide bonds. The maximum atomic E-state index is 12.2. The molecule has 0 unspecified atom stereocenters. The zero-order valence-electron chi connectivity index (χ0n) is 15.9. The third kappa shape index (κ3) is 5.57.